The molecule has 0 spiro atoms. The van der Waals surface area contributed by atoms with Gasteiger partial charge in [-0.1, -0.05) is 0 Å². The lowest BCUT2D eigenvalue weighted by Gasteiger charge is -2.42. The molecule has 1 rings (SSSR count). The summed E-state index contributed by atoms with van der Waals surface area (Å²) in [5.74, 6) is -3.51. The van der Waals surface area contributed by atoms with E-state index in [9.17, 15) is 28.8 Å². The maximum Gasteiger partial charge on any atom is 0.313 e. The first-order valence-electron chi connectivity index (χ1n) is 9.82. The van der Waals surface area contributed by atoms with Gasteiger partial charge >= 0.3 is 17.9 Å². The van der Waals surface area contributed by atoms with E-state index >= 15 is 0 Å². The Morgan fingerprint density at radius 1 is 0.515 bits per heavy atom. The smallest absolute Gasteiger partial charge is 0.313 e. The minimum absolute atomic E-state index is 0.0254. The second-order valence-corrected chi connectivity index (χ2v) is 10.1. The second-order valence-electron chi connectivity index (χ2n) is 6.81. The molecule has 0 atom stereocenters. The normalized spacial score (nSPS) is 13.6. The van der Waals surface area contributed by atoms with E-state index < -0.39 is 17.9 Å². The van der Waals surface area contributed by atoms with E-state index in [4.69, 9.17) is 15.3 Å². The number of thioether (sulfide) groups is 3. The molecule has 0 aromatic rings. The Balaban J connectivity index is 2.70. The monoisotopic (exact) mass is 525 g/mol. The Labute approximate surface area is 203 Å². The number of aliphatic carboxylic acids is 3. The zero-order valence-corrected chi connectivity index (χ0v) is 20.3. The number of rotatable bonds is 15. The Morgan fingerprint density at radius 3 is 0.970 bits per heavy atom. The fourth-order valence-corrected chi connectivity index (χ4v) is 4.57. The van der Waals surface area contributed by atoms with Crippen LogP contribution in [0.15, 0.2) is 0 Å². The molecule has 186 valence electrons. The molecule has 0 bridgehead atoms. The predicted octanol–water partition coefficient (Wildman–Crippen LogP) is -0.0180. The highest BCUT2D eigenvalue weighted by molar-refractivity contribution is 8.00. The van der Waals surface area contributed by atoms with Crippen LogP contribution >= 0.6 is 35.3 Å². The van der Waals surface area contributed by atoms with Crippen molar-refractivity contribution >= 4 is 70.9 Å². The summed E-state index contributed by atoms with van der Waals surface area (Å²) in [6.45, 7) is -0.0762. The Morgan fingerprint density at radius 2 is 0.758 bits per heavy atom. The van der Waals surface area contributed by atoms with Crippen LogP contribution in [0, 0.1) is 0 Å². The lowest BCUT2D eigenvalue weighted by Crippen LogP contribution is -2.59. The average Bonchev–Trinajstić information content (AvgIpc) is 2.76. The first kappa shape index (κ1) is 28.9. The maximum absolute atomic E-state index is 12.6. The van der Waals surface area contributed by atoms with E-state index in [0.29, 0.717) is 0 Å². The van der Waals surface area contributed by atoms with Gasteiger partial charge in [0.25, 0.3) is 0 Å². The molecular formula is C18H27N3O9S3. The summed E-state index contributed by atoms with van der Waals surface area (Å²) in [4.78, 5) is 73.6. The van der Waals surface area contributed by atoms with Crippen molar-refractivity contribution in [1.82, 2.24) is 14.7 Å². The summed E-state index contributed by atoms with van der Waals surface area (Å²) in [6.07, 6.45) is 0.140. The molecule has 12 nitrogen and oxygen atoms in total. The standard InChI is InChI=1S/C18H27N3O9S3/c22-13(1-4-31-7-16(25)26)19-10-20(14(23)2-5-32-8-17(27)28)12-21(11-19)15(24)3-6-33-9-18(29)30/h1-12H2,(H,25,26)(H,27,28)(H,29,30). The summed E-state index contributed by atoms with van der Waals surface area (Å²) in [5.41, 5.74) is 0. The molecule has 3 amide bonds. The summed E-state index contributed by atoms with van der Waals surface area (Å²) in [6, 6.07) is 0. The number of carboxylic acid groups (broad SMARTS) is 3. The molecule has 1 aliphatic rings. The van der Waals surface area contributed by atoms with Gasteiger partial charge in [-0.15, -0.1) is 35.3 Å². The summed E-state index contributed by atoms with van der Waals surface area (Å²) in [7, 11) is 0. The van der Waals surface area contributed by atoms with Crippen molar-refractivity contribution in [2.24, 2.45) is 0 Å². The van der Waals surface area contributed by atoms with Gasteiger partial charge in [0.05, 0.1) is 37.3 Å². The van der Waals surface area contributed by atoms with Crippen LogP contribution in [0.3, 0.4) is 0 Å². The number of carbonyl (C=O) groups is 6. The fraction of sp³-hybridized carbons (Fsp3) is 0.667. The Bertz CT molecular complexity index is 637. The molecule has 0 aliphatic carbocycles. The van der Waals surface area contributed by atoms with Gasteiger partial charge in [-0.3, -0.25) is 28.8 Å². The number of carboxylic acids is 3. The minimum atomic E-state index is -0.986. The molecule has 0 aromatic carbocycles. The van der Waals surface area contributed by atoms with Gasteiger partial charge in [0, 0.05) is 36.5 Å². The van der Waals surface area contributed by atoms with E-state index in [-0.39, 0.29) is 91.5 Å². The lowest BCUT2D eigenvalue weighted by molar-refractivity contribution is -0.158. The van der Waals surface area contributed by atoms with Crippen LogP contribution in [-0.2, 0) is 28.8 Å². The third-order valence-corrected chi connectivity index (χ3v) is 6.97. The van der Waals surface area contributed by atoms with Gasteiger partial charge in [0.15, 0.2) is 0 Å². The third-order valence-electron chi connectivity index (χ3n) is 4.14. The lowest BCUT2D eigenvalue weighted by atomic mass is 10.3. The second kappa shape index (κ2) is 15.7. The largest absolute Gasteiger partial charge is 0.481 e. The van der Waals surface area contributed by atoms with Crippen LogP contribution in [0.2, 0.25) is 0 Å². The molecule has 0 radical (unpaired) electrons. The number of hydrogen-bond donors (Lipinski definition) is 3. The molecule has 15 heteroatoms. The van der Waals surface area contributed by atoms with Crippen molar-refractivity contribution < 1.29 is 44.1 Å². The highest BCUT2D eigenvalue weighted by atomic mass is 32.2. The van der Waals surface area contributed by atoms with Crippen molar-refractivity contribution in [2.45, 2.75) is 19.3 Å². The van der Waals surface area contributed by atoms with Gasteiger partial charge < -0.3 is 30.0 Å². The molecule has 33 heavy (non-hydrogen) atoms. The molecule has 0 saturated carbocycles. The predicted molar refractivity (Wildman–Crippen MR) is 124 cm³/mol. The molecule has 1 heterocycles. The highest BCUT2D eigenvalue weighted by Crippen LogP contribution is 2.15. The van der Waals surface area contributed by atoms with Crippen LogP contribution < -0.4 is 0 Å². The van der Waals surface area contributed by atoms with Crippen LogP contribution in [0.1, 0.15) is 19.3 Å². The van der Waals surface area contributed by atoms with Crippen LogP contribution in [-0.4, -0.2) is 120 Å². The maximum atomic E-state index is 12.6. The summed E-state index contributed by atoms with van der Waals surface area (Å²) < 4.78 is 0. The number of amides is 3. The van der Waals surface area contributed by atoms with Crippen molar-refractivity contribution in [1.29, 1.82) is 0 Å². The van der Waals surface area contributed by atoms with Gasteiger partial charge in [-0.2, -0.15) is 0 Å². The first-order valence-corrected chi connectivity index (χ1v) is 13.3. The van der Waals surface area contributed by atoms with E-state index in [1.165, 1.54) is 14.7 Å². The minimum Gasteiger partial charge on any atom is -0.481 e. The van der Waals surface area contributed by atoms with Gasteiger partial charge in [-0.25, -0.2) is 0 Å². The van der Waals surface area contributed by atoms with E-state index in [1.807, 2.05) is 0 Å². The van der Waals surface area contributed by atoms with Crippen molar-refractivity contribution in [3.63, 3.8) is 0 Å². The van der Waals surface area contributed by atoms with Crippen LogP contribution in [0.5, 0.6) is 0 Å². The zero-order chi connectivity index (χ0) is 24.8. The zero-order valence-electron chi connectivity index (χ0n) is 17.8. The Hall–Kier alpha value is -2.13. The van der Waals surface area contributed by atoms with Gasteiger partial charge in [-0.05, 0) is 0 Å². The average molecular weight is 526 g/mol. The molecule has 1 fully saturated rings. The molecule has 1 saturated heterocycles. The van der Waals surface area contributed by atoms with Crippen LogP contribution in [0.4, 0.5) is 0 Å². The fourth-order valence-electron chi connectivity index (χ4n) is 2.66. The van der Waals surface area contributed by atoms with E-state index in [2.05, 4.69) is 0 Å². The summed E-state index contributed by atoms with van der Waals surface area (Å²) in [5, 5.41) is 26.1. The van der Waals surface area contributed by atoms with Crippen molar-refractivity contribution in [2.75, 3.05) is 54.5 Å². The number of nitrogens with zero attached hydrogens (tertiary/aromatic N) is 3. The number of hydrogen-bond acceptors (Lipinski definition) is 9. The van der Waals surface area contributed by atoms with Gasteiger partial charge in [0.1, 0.15) is 0 Å². The van der Waals surface area contributed by atoms with E-state index in [0.717, 1.165) is 35.3 Å². The topological polar surface area (TPSA) is 173 Å². The summed E-state index contributed by atoms with van der Waals surface area (Å²) >= 11 is 3.27. The highest BCUT2D eigenvalue weighted by Gasteiger charge is 2.31. The number of carbonyl (C=O) groups excluding carboxylic acids is 3. The first-order chi connectivity index (χ1) is 15.6. The van der Waals surface area contributed by atoms with Crippen molar-refractivity contribution in [3.05, 3.63) is 0 Å². The molecule has 0 aromatic heterocycles. The SMILES string of the molecule is O=C(O)CSCCC(=O)N1CN(C(=O)CCSCC(=O)O)CN(C(=O)CCSCC(=O)O)C1. The molecular weight excluding hydrogens is 498 g/mol. The van der Waals surface area contributed by atoms with Crippen LogP contribution in [0.25, 0.3) is 0 Å². The third kappa shape index (κ3) is 12.6. The van der Waals surface area contributed by atoms with Crippen molar-refractivity contribution in [3.8, 4) is 0 Å². The van der Waals surface area contributed by atoms with Gasteiger partial charge in [0.2, 0.25) is 17.7 Å². The quantitative estimate of drug-likeness (QED) is 0.244. The van der Waals surface area contributed by atoms with E-state index in [1.54, 1.807) is 0 Å². The molecule has 0 unspecified atom stereocenters. The molecule has 1 aliphatic heterocycles. The molecule has 3 N–H and O–H groups in total. The Kier molecular flexibility index (Phi) is 13.7.